The van der Waals surface area contributed by atoms with Crippen LogP contribution in [-0.2, 0) is 41.4 Å². The maximum Gasteiger partial charge on any atom is 0.347 e. The van der Waals surface area contributed by atoms with Gasteiger partial charge >= 0.3 is 17.9 Å². The molecule has 0 saturated heterocycles. The average molecular weight is 402 g/mol. The fourth-order valence-electron chi connectivity index (χ4n) is 3.20. The van der Waals surface area contributed by atoms with Gasteiger partial charge in [0.05, 0.1) is 20.8 Å². The molecule has 0 aromatic heterocycles. The van der Waals surface area contributed by atoms with E-state index in [1.165, 1.54) is 14.2 Å². The molecule has 1 aromatic carbocycles. The molecule has 29 heavy (non-hydrogen) atoms. The molecule has 1 heterocycles. The first kappa shape index (κ1) is 22.2. The maximum absolute atomic E-state index is 12.5. The molecule has 1 aromatic rings. The number of carbonyl (C=O) groups is 3. The molecule has 0 fully saturated rings. The van der Waals surface area contributed by atoms with E-state index in [-0.39, 0.29) is 12.2 Å². The first-order chi connectivity index (χ1) is 13.8. The first-order valence-electron chi connectivity index (χ1n) is 9.30. The van der Waals surface area contributed by atoms with Crippen molar-refractivity contribution in [3.63, 3.8) is 0 Å². The predicted molar refractivity (Wildman–Crippen MR) is 105 cm³/mol. The van der Waals surface area contributed by atoms with E-state index in [1.54, 1.807) is 19.9 Å². The molecule has 0 bridgehead atoms. The molecule has 0 radical (unpaired) electrons. The number of allylic oxidation sites excluding steroid dienone is 1. The van der Waals surface area contributed by atoms with E-state index in [1.807, 2.05) is 18.2 Å². The molecule has 2 unspecified atom stereocenters. The standard InChI is InChI=1S/C22H26O7/c1-6-28-22(25)19-17(14(3)21(24)27-5)12-16-9-7-8-15(18(16)29-19)11-10-13(2)20(23)26-4/h7-10,17,19H,3,6,11-12H2,1-2,4-5H3/b13-10+. The van der Waals surface area contributed by atoms with Crippen molar-refractivity contribution in [1.82, 2.24) is 0 Å². The summed E-state index contributed by atoms with van der Waals surface area (Å²) in [5.74, 6) is -1.62. The minimum absolute atomic E-state index is 0.156. The van der Waals surface area contributed by atoms with Crippen molar-refractivity contribution in [2.75, 3.05) is 20.8 Å². The Morgan fingerprint density at radius 2 is 1.90 bits per heavy atom. The molecule has 7 heteroatoms. The molecule has 0 saturated carbocycles. The van der Waals surface area contributed by atoms with Crippen molar-refractivity contribution in [3.05, 3.63) is 53.1 Å². The number of rotatable bonds is 7. The zero-order valence-corrected chi connectivity index (χ0v) is 17.2. The number of hydrogen-bond donors (Lipinski definition) is 0. The smallest absolute Gasteiger partial charge is 0.347 e. The molecule has 1 aliphatic rings. The van der Waals surface area contributed by atoms with E-state index in [0.717, 1.165) is 11.1 Å². The molecular formula is C22H26O7. The maximum atomic E-state index is 12.5. The summed E-state index contributed by atoms with van der Waals surface area (Å²) in [6.07, 6.45) is 1.52. The zero-order valence-electron chi connectivity index (χ0n) is 17.2. The lowest BCUT2D eigenvalue weighted by Gasteiger charge is -2.33. The van der Waals surface area contributed by atoms with Crippen LogP contribution in [0.1, 0.15) is 25.0 Å². The topological polar surface area (TPSA) is 88.1 Å². The van der Waals surface area contributed by atoms with Crippen LogP contribution in [0.25, 0.3) is 0 Å². The van der Waals surface area contributed by atoms with Gasteiger partial charge in [-0.3, -0.25) is 0 Å². The highest BCUT2D eigenvalue weighted by Gasteiger charge is 2.40. The van der Waals surface area contributed by atoms with Crippen molar-refractivity contribution in [3.8, 4) is 5.75 Å². The minimum atomic E-state index is -1.01. The van der Waals surface area contributed by atoms with Crippen LogP contribution in [0.4, 0.5) is 0 Å². The SMILES string of the molecule is C=C(C(=O)OC)C1Cc2cccc(C/C=C(\C)C(=O)OC)c2OC1C(=O)OCC. The van der Waals surface area contributed by atoms with Crippen molar-refractivity contribution >= 4 is 17.9 Å². The Bertz CT molecular complexity index is 838. The van der Waals surface area contributed by atoms with Crippen LogP contribution in [0.5, 0.6) is 5.75 Å². The second kappa shape index (κ2) is 9.91. The minimum Gasteiger partial charge on any atom is -0.477 e. The van der Waals surface area contributed by atoms with Crippen molar-refractivity contribution in [2.45, 2.75) is 32.8 Å². The highest BCUT2D eigenvalue weighted by Crippen LogP contribution is 2.37. The number of benzene rings is 1. The van der Waals surface area contributed by atoms with Crippen LogP contribution >= 0.6 is 0 Å². The van der Waals surface area contributed by atoms with Gasteiger partial charge in [0.15, 0.2) is 0 Å². The number of methoxy groups -OCH3 is 2. The third-order valence-electron chi connectivity index (χ3n) is 4.78. The molecule has 2 atom stereocenters. The predicted octanol–water partition coefficient (Wildman–Crippen LogP) is 2.56. The van der Waals surface area contributed by atoms with E-state index in [4.69, 9.17) is 18.9 Å². The largest absolute Gasteiger partial charge is 0.477 e. The number of hydrogen-bond acceptors (Lipinski definition) is 7. The van der Waals surface area contributed by atoms with E-state index in [0.29, 0.717) is 24.2 Å². The van der Waals surface area contributed by atoms with Gasteiger partial charge in [0.2, 0.25) is 6.10 Å². The second-order valence-electron chi connectivity index (χ2n) is 6.61. The lowest BCUT2D eigenvalue weighted by atomic mass is 9.84. The normalized spacial score (nSPS) is 18.1. The van der Waals surface area contributed by atoms with Crippen LogP contribution < -0.4 is 4.74 Å². The molecular weight excluding hydrogens is 376 g/mol. The van der Waals surface area contributed by atoms with Gasteiger partial charge in [-0.1, -0.05) is 30.9 Å². The summed E-state index contributed by atoms with van der Waals surface area (Å²) >= 11 is 0. The lowest BCUT2D eigenvalue weighted by molar-refractivity contribution is -0.154. The van der Waals surface area contributed by atoms with Crippen molar-refractivity contribution in [2.24, 2.45) is 5.92 Å². The Morgan fingerprint density at radius 3 is 2.52 bits per heavy atom. The Kier molecular flexibility index (Phi) is 7.59. The summed E-state index contributed by atoms with van der Waals surface area (Å²) in [6, 6.07) is 5.59. The quantitative estimate of drug-likeness (QED) is 0.393. The molecule has 156 valence electrons. The Balaban J connectivity index is 2.39. The van der Waals surface area contributed by atoms with Gasteiger partial charge in [-0.2, -0.15) is 0 Å². The number of para-hydroxylation sites is 1. The van der Waals surface area contributed by atoms with Gasteiger partial charge in [0, 0.05) is 17.1 Å². The van der Waals surface area contributed by atoms with Crippen LogP contribution in [0, 0.1) is 5.92 Å². The second-order valence-corrected chi connectivity index (χ2v) is 6.61. The fourth-order valence-corrected chi connectivity index (χ4v) is 3.20. The summed E-state index contributed by atoms with van der Waals surface area (Å²) in [6.45, 7) is 7.35. The molecule has 0 aliphatic carbocycles. The summed E-state index contributed by atoms with van der Waals surface area (Å²) < 4.78 is 20.7. The van der Waals surface area contributed by atoms with E-state index < -0.39 is 29.9 Å². The Morgan fingerprint density at radius 1 is 1.21 bits per heavy atom. The van der Waals surface area contributed by atoms with Gasteiger partial charge in [0.25, 0.3) is 0 Å². The third-order valence-corrected chi connectivity index (χ3v) is 4.78. The highest BCUT2D eigenvalue weighted by molar-refractivity contribution is 5.90. The van der Waals surface area contributed by atoms with E-state index >= 15 is 0 Å². The summed E-state index contributed by atoms with van der Waals surface area (Å²) in [7, 11) is 2.59. The van der Waals surface area contributed by atoms with Gasteiger partial charge in [-0.15, -0.1) is 0 Å². The summed E-state index contributed by atoms with van der Waals surface area (Å²) in [5.41, 5.74) is 2.27. The number of esters is 3. The number of carbonyl (C=O) groups excluding carboxylic acids is 3. The number of fused-ring (bicyclic) bond motifs is 1. The van der Waals surface area contributed by atoms with Crippen LogP contribution in [0.15, 0.2) is 42.0 Å². The molecule has 2 rings (SSSR count). The first-order valence-corrected chi connectivity index (χ1v) is 9.30. The molecule has 0 N–H and O–H groups in total. The number of ether oxygens (including phenoxy) is 4. The van der Waals surface area contributed by atoms with Crippen molar-refractivity contribution < 1.29 is 33.3 Å². The lowest BCUT2D eigenvalue weighted by Crippen LogP contribution is -2.43. The summed E-state index contributed by atoms with van der Waals surface area (Å²) in [4.78, 5) is 36.1. The molecule has 0 amide bonds. The van der Waals surface area contributed by atoms with Gasteiger partial charge in [-0.25, -0.2) is 14.4 Å². The molecule has 0 spiro atoms. The zero-order chi connectivity index (χ0) is 21.6. The third kappa shape index (κ3) is 5.04. The van der Waals surface area contributed by atoms with Gasteiger partial charge in [-0.05, 0) is 37.8 Å². The molecule has 7 nitrogen and oxygen atoms in total. The van der Waals surface area contributed by atoms with Crippen molar-refractivity contribution in [1.29, 1.82) is 0 Å². The Hall–Kier alpha value is -3.09. The van der Waals surface area contributed by atoms with Gasteiger partial charge in [0.1, 0.15) is 5.75 Å². The summed E-state index contributed by atoms with van der Waals surface area (Å²) in [5, 5.41) is 0. The Labute approximate surface area is 170 Å². The average Bonchev–Trinajstić information content (AvgIpc) is 2.74. The highest BCUT2D eigenvalue weighted by atomic mass is 16.6. The monoisotopic (exact) mass is 402 g/mol. The van der Waals surface area contributed by atoms with Crippen LogP contribution in [-0.4, -0.2) is 44.8 Å². The molecule has 1 aliphatic heterocycles. The van der Waals surface area contributed by atoms with Gasteiger partial charge < -0.3 is 18.9 Å². The van der Waals surface area contributed by atoms with Crippen LogP contribution in [0.2, 0.25) is 0 Å². The fraction of sp³-hybridized carbons (Fsp3) is 0.409. The van der Waals surface area contributed by atoms with E-state index in [2.05, 4.69) is 6.58 Å². The van der Waals surface area contributed by atoms with E-state index in [9.17, 15) is 14.4 Å². The van der Waals surface area contributed by atoms with Crippen LogP contribution in [0.3, 0.4) is 0 Å².